The van der Waals surface area contributed by atoms with E-state index in [1.807, 2.05) is 0 Å². The largest absolute Gasteiger partial charge is 0.304 e. The first-order valence-electron chi connectivity index (χ1n) is 5.81. The Kier molecular flexibility index (Phi) is 5.17. The van der Waals surface area contributed by atoms with Gasteiger partial charge in [0.15, 0.2) is 0 Å². The molecule has 1 aliphatic rings. The van der Waals surface area contributed by atoms with Crippen molar-refractivity contribution in [3.8, 4) is 0 Å². The summed E-state index contributed by atoms with van der Waals surface area (Å²) in [4.78, 5) is 4.58. The predicted octanol–water partition coefficient (Wildman–Crippen LogP) is -0.438. The minimum Gasteiger partial charge on any atom is -0.304 e. The van der Waals surface area contributed by atoms with Crippen molar-refractivity contribution in [2.75, 3.05) is 46.3 Å². The Morgan fingerprint density at radius 1 is 1.19 bits per heavy atom. The number of piperazine rings is 1. The van der Waals surface area contributed by atoms with Gasteiger partial charge in [-0.25, -0.2) is 13.1 Å². The summed E-state index contributed by atoms with van der Waals surface area (Å²) in [6.45, 7) is 8.90. The SMILES string of the molecule is CC(C)S(=O)(=O)NCCN1CCN(C)CC1. The zero-order chi connectivity index (χ0) is 12.2. The molecule has 1 N–H and O–H groups in total. The molecule has 0 atom stereocenters. The highest BCUT2D eigenvalue weighted by molar-refractivity contribution is 7.90. The molecule has 0 amide bonds. The maximum absolute atomic E-state index is 11.5. The first-order valence-corrected chi connectivity index (χ1v) is 7.36. The number of sulfonamides is 1. The summed E-state index contributed by atoms with van der Waals surface area (Å²) in [6, 6.07) is 0. The molecule has 0 spiro atoms. The maximum Gasteiger partial charge on any atom is 0.213 e. The van der Waals surface area contributed by atoms with Crippen LogP contribution in [0.2, 0.25) is 0 Å². The van der Waals surface area contributed by atoms with Crippen molar-refractivity contribution < 1.29 is 8.42 Å². The molecule has 0 unspecified atom stereocenters. The number of likely N-dealkylation sites (N-methyl/N-ethyl adjacent to an activating group) is 1. The molecule has 0 aromatic rings. The highest BCUT2D eigenvalue weighted by Gasteiger charge is 2.17. The topological polar surface area (TPSA) is 52.7 Å². The van der Waals surface area contributed by atoms with E-state index in [0.29, 0.717) is 6.54 Å². The van der Waals surface area contributed by atoms with Gasteiger partial charge in [-0.15, -0.1) is 0 Å². The van der Waals surface area contributed by atoms with E-state index in [2.05, 4.69) is 21.6 Å². The molecule has 5 nitrogen and oxygen atoms in total. The van der Waals surface area contributed by atoms with Crippen LogP contribution in [0.4, 0.5) is 0 Å². The smallest absolute Gasteiger partial charge is 0.213 e. The van der Waals surface area contributed by atoms with Crippen LogP contribution in [-0.4, -0.2) is 69.8 Å². The Bertz CT molecular complexity index is 295. The lowest BCUT2D eigenvalue weighted by Gasteiger charge is -2.32. The molecule has 1 aliphatic heterocycles. The Labute approximate surface area is 98.8 Å². The van der Waals surface area contributed by atoms with Gasteiger partial charge in [0.25, 0.3) is 0 Å². The maximum atomic E-state index is 11.5. The molecule has 1 rings (SSSR count). The molecule has 1 saturated heterocycles. The van der Waals surface area contributed by atoms with E-state index in [4.69, 9.17) is 0 Å². The first kappa shape index (κ1) is 13.9. The van der Waals surface area contributed by atoms with Gasteiger partial charge in [0, 0.05) is 39.3 Å². The van der Waals surface area contributed by atoms with E-state index >= 15 is 0 Å². The lowest BCUT2D eigenvalue weighted by molar-refractivity contribution is 0.156. The van der Waals surface area contributed by atoms with Crippen molar-refractivity contribution in [2.45, 2.75) is 19.1 Å². The van der Waals surface area contributed by atoms with Gasteiger partial charge in [-0.1, -0.05) is 0 Å². The molecule has 96 valence electrons. The van der Waals surface area contributed by atoms with E-state index in [-0.39, 0.29) is 5.25 Å². The second-order valence-corrected chi connectivity index (χ2v) is 6.95. The van der Waals surface area contributed by atoms with Gasteiger partial charge in [0.2, 0.25) is 10.0 Å². The van der Waals surface area contributed by atoms with Crippen LogP contribution in [0.15, 0.2) is 0 Å². The zero-order valence-corrected chi connectivity index (χ0v) is 11.3. The lowest BCUT2D eigenvalue weighted by atomic mass is 10.3. The van der Waals surface area contributed by atoms with Crippen LogP contribution in [0.25, 0.3) is 0 Å². The molecular weight excluding hydrogens is 226 g/mol. The van der Waals surface area contributed by atoms with Gasteiger partial charge in [0.05, 0.1) is 5.25 Å². The number of hydrogen-bond acceptors (Lipinski definition) is 4. The molecule has 0 aromatic carbocycles. The van der Waals surface area contributed by atoms with Crippen molar-refractivity contribution in [3.05, 3.63) is 0 Å². The third-order valence-corrected chi connectivity index (χ3v) is 4.80. The fourth-order valence-electron chi connectivity index (χ4n) is 1.58. The normalized spacial score (nSPS) is 20.5. The van der Waals surface area contributed by atoms with Crippen LogP contribution >= 0.6 is 0 Å². The molecule has 0 aliphatic carbocycles. The first-order chi connectivity index (χ1) is 7.42. The van der Waals surface area contributed by atoms with Crippen LogP contribution in [0.3, 0.4) is 0 Å². The van der Waals surface area contributed by atoms with E-state index in [1.165, 1.54) is 0 Å². The van der Waals surface area contributed by atoms with Crippen LogP contribution < -0.4 is 4.72 Å². The summed E-state index contributed by atoms with van der Waals surface area (Å²) in [5.41, 5.74) is 0. The molecular formula is C10H23N3O2S. The average Bonchev–Trinajstić information content (AvgIpc) is 2.20. The number of hydrogen-bond donors (Lipinski definition) is 1. The molecule has 0 radical (unpaired) electrons. The molecule has 0 aromatic heterocycles. The van der Waals surface area contributed by atoms with E-state index in [0.717, 1.165) is 32.7 Å². The molecule has 6 heteroatoms. The van der Waals surface area contributed by atoms with Crippen molar-refractivity contribution in [2.24, 2.45) is 0 Å². The second kappa shape index (κ2) is 5.95. The van der Waals surface area contributed by atoms with Crippen LogP contribution in [0.1, 0.15) is 13.8 Å². The highest BCUT2D eigenvalue weighted by Crippen LogP contribution is 1.99. The van der Waals surface area contributed by atoms with Gasteiger partial charge in [-0.2, -0.15) is 0 Å². The van der Waals surface area contributed by atoms with Gasteiger partial charge in [-0.3, -0.25) is 4.90 Å². The average molecular weight is 249 g/mol. The summed E-state index contributed by atoms with van der Waals surface area (Å²) < 4.78 is 25.6. The summed E-state index contributed by atoms with van der Waals surface area (Å²) >= 11 is 0. The van der Waals surface area contributed by atoms with Crippen LogP contribution in [0.5, 0.6) is 0 Å². The van der Waals surface area contributed by atoms with Crippen molar-refractivity contribution in [1.29, 1.82) is 0 Å². The van der Waals surface area contributed by atoms with E-state index in [1.54, 1.807) is 13.8 Å². The van der Waals surface area contributed by atoms with Gasteiger partial charge >= 0.3 is 0 Å². The fraction of sp³-hybridized carbons (Fsp3) is 1.00. The fourth-order valence-corrected chi connectivity index (χ4v) is 2.29. The number of rotatable bonds is 5. The summed E-state index contributed by atoms with van der Waals surface area (Å²) in [6.07, 6.45) is 0. The molecule has 1 heterocycles. The minimum absolute atomic E-state index is 0.347. The van der Waals surface area contributed by atoms with Crippen molar-refractivity contribution in [1.82, 2.24) is 14.5 Å². The van der Waals surface area contributed by atoms with Crippen LogP contribution in [-0.2, 0) is 10.0 Å². The highest BCUT2D eigenvalue weighted by atomic mass is 32.2. The Morgan fingerprint density at radius 3 is 2.25 bits per heavy atom. The summed E-state index contributed by atoms with van der Waals surface area (Å²) in [5.74, 6) is 0. The molecule has 1 fully saturated rings. The minimum atomic E-state index is -3.10. The molecule has 0 saturated carbocycles. The summed E-state index contributed by atoms with van der Waals surface area (Å²) in [5, 5.41) is -0.347. The Hall–Kier alpha value is -0.170. The standard InChI is InChI=1S/C10H23N3O2S/c1-10(2)16(14,15)11-4-5-13-8-6-12(3)7-9-13/h10-11H,4-9H2,1-3H3. The predicted molar refractivity (Wildman–Crippen MR) is 66.0 cm³/mol. The number of nitrogens with zero attached hydrogens (tertiary/aromatic N) is 2. The monoisotopic (exact) mass is 249 g/mol. The number of nitrogens with one attached hydrogen (secondary N) is 1. The van der Waals surface area contributed by atoms with E-state index in [9.17, 15) is 8.42 Å². The zero-order valence-electron chi connectivity index (χ0n) is 10.4. The van der Waals surface area contributed by atoms with Crippen molar-refractivity contribution >= 4 is 10.0 Å². The molecule has 0 bridgehead atoms. The van der Waals surface area contributed by atoms with Gasteiger partial charge < -0.3 is 4.90 Å². The summed E-state index contributed by atoms with van der Waals surface area (Å²) in [7, 11) is -0.987. The van der Waals surface area contributed by atoms with Gasteiger partial charge in [0.1, 0.15) is 0 Å². The Morgan fingerprint density at radius 2 is 1.75 bits per heavy atom. The van der Waals surface area contributed by atoms with Crippen molar-refractivity contribution in [3.63, 3.8) is 0 Å². The molecule has 16 heavy (non-hydrogen) atoms. The second-order valence-electron chi connectivity index (χ2n) is 4.63. The Balaban J connectivity index is 2.21. The third-order valence-electron chi connectivity index (χ3n) is 2.95. The quantitative estimate of drug-likeness (QED) is 0.718. The third kappa shape index (κ3) is 4.37. The van der Waals surface area contributed by atoms with E-state index < -0.39 is 10.0 Å². The van der Waals surface area contributed by atoms with Crippen LogP contribution in [0, 0.1) is 0 Å². The lowest BCUT2D eigenvalue weighted by Crippen LogP contribution is -2.47. The van der Waals surface area contributed by atoms with Gasteiger partial charge in [-0.05, 0) is 20.9 Å².